The van der Waals surface area contributed by atoms with E-state index in [0.717, 1.165) is 10.4 Å². The van der Waals surface area contributed by atoms with Gasteiger partial charge in [-0.3, -0.25) is 0 Å². The molecule has 0 atom stereocenters. The van der Waals surface area contributed by atoms with Crippen LogP contribution in [-0.4, -0.2) is 4.98 Å². The van der Waals surface area contributed by atoms with Gasteiger partial charge in [0.15, 0.2) is 1.41 Å². The molecule has 1 heterocycles. The second-order valence-corrected chi connectivity index (χ2v) is 2.68. The number of halogens is 2. The van der Waals surface area contributed by atoms with E-state index in [4.69, 9.17) is 13.0 Å². The van der Waals surface area contributed by atoms with Crippen molar-refractivity contribution in [3.63, 3.8) is 0 Å². The summed E-state index contributed by atoms with van der Waals surface area (Å²) in [5.74, 6) is -0.489. The number of fused-ring (bicyclic) bond motifs is 1. The molecule has 0 saturated carbocycles. The molecule has 3 heteroatoms. The standard InChI is InChI=1S/C8H5ClFN/c9-6-3-5-1-2-11-8(5)4-7(6)10/h1-4,11H/i/hD. The fraction of sp³-hybridized carbons (Fsp3) is 0. The van der Waals surface area contributed by atoms with E-state index in [-0.39, 0.29) is 5.02 Å². The van der Waals surface area contributed by atoms with Crippen LogP contribution in [-0.2, 0) is 0 Å². The lowest BCUT2D eigenvalue weighted by molar-refractivity contribution is 0.630. The van der Waals surface area contributed by atoms with Crippen LogP contribution in [0.15, 0.2) is 24.4 Å². The Kier molecular flexibility index (Phi) is 1.14. The van der Waals surface area contributed by atoms with Crippen LogP contribution in [0.5, 0.6) is 0 Å². The summed E-state index contributed by atoms with van der Waals surface area (Å²) in [7, 11) is 0. The van der Waals surface area contributed by atoms with Crippen molar-refractivity contribution in [3.05, 3.63) is 35.2 Å². The highest BCUT2D eigenvalue weighted by Gasteiger charge is 2.01. The summed E-state index contributed by atoms with van der Waals surface area (Å²) < 4.78 is 20.2. The molecule has 56 valence electrons. The molecule has 1 nitrogen and oxygen atoms in total. The maximum Gasteiger partial charge on any atom is 0.166 e. The van der Waals surface area contributed by atoms with Crippen molar-refractivity contribution in [1.82, 2.24) is 4.98 Å². The summed E-state index contributed by atoms with van der Waals surface area (Å²) >= 11 is 5.55. The van der Waals surface area contributed by atoms with Crippen molar-refractivity contribution in [3.8, 4) is 0 Å². The summed E-state index contributed by atoms with van der Waals surface area (Å²) in [6, 6.07) is 4.48. The molecule has 1 aromatic heterocycles. The number of H-pyrrole nitrogens is 1. The lowest BCUT2D eigenvalue weighted by Crippen LogP contribution is -1.75. The van der Waals surface area contributed by atoms with Crippen LogP contribution in [0.25, 0.3) is 10.9 Å². The summed E-state index contributed by atoms with van der Waals surface area (Å²) in [4.78, 5) is 1.11. The molecule has 2 rings (SSSR count). The third-order valence-electron chi connectivity index (χ3n) is 1.54. The van der Waals surface area contributed by atoms with E-state index in [1.54, 1.807) is 12.3 Å². The van der Waals surface area contributed by atoms with E-state index in [1.807, 2.05) is 0 Å². The topological polar surface area (TPSA) is 15.8 Å². The molecule has 0 spiro atoms. The van der Waals surface area contributed by atoms with Crippen LogP contribution in [0, 0.1) is 5.82 Å². The number of hydrogen-bond donors (Lipinski definition) is 1. The van der Waals surface area contributed by atoms with Gasteiger partial charge in [0.1, 0.15) is 5.82 Å². The van der Waals surface area contributed by atoms with E-state index in [2.05, 4.69) is 0 Å². The van der Waals surface area contributed by atoms with E-state index in [0.29, 0.717) is 5.52 Å². The van der Waals surface area contributed by atoms with Crippen LogP contribution in [0.1, 0.15) is 0 Å². The van der Waals surface area contributed by atoms with Gasteiger partial charge in [-0.15, -0.1) is 0 Å². The first-order valence-corrected chi connectivity index (χ1v) is 3.51. The molecule has 0 unspecified atom stereocenters. The van der Waals surface area contributed by atoms with Gasteiger partial charge in [0.2, 0.25) is 0 Å². The molecule has 0 amide bonds. The molecular weight excluding hydrogens is 165 g/mol. The second-order valence-electron chi connectivity index (χ2n) is 2.27. The van der Waals surface area contributed by atoms with Crippen LogP contribution in [0.2, 0.25) is 6.43 Å². The van der Waals surface area contributed by atoms with Crippen LogP contribution in [0.3, 0.4) is 0 Å². The summed E-state index contributed by atoms with van der Waals surface area (Å²) in [6.45, 7) is 0. The molecule has 0 saturated heterocycles. The van der Waals surface area contributed by atoms with Crippen molar-refractivity contribution in [1.29, 1.82) is 0 Å². The minimum atomic E-state index is -0.489. The Morgan fingerprint density at radius 3 is 3.18 bits per heavy atom. The first kappa shape index (κ1) is 5.61. The molecule has 0 aliphatic carbocycles. The van der Waals surface area contributed by atoms with Gasteiger partial charge in [0.05, 0.1) is 5.02 Å². The van der Waals surface area contributed by atoms with Gasteiger partial charge < -0.3 is 4.98 Å². The Hall–Kier alpha value is -1.02. The SMILES string of the molecule is [2H]n1ccc2cc(Cl)c(F)cc21. The molecule has 0 radical (unpaired) electrons. The maximum atomic E-state index is 12.9. The van der Waals surface area contributed by atoms with Crippen molar-refractivity contribution in [2.75, 3.05) is 0 Å². The third-order valence-corrected chi connectivity index (χ3v) is 1.83. The zero-order valence-corrected chi connectivity index (χ0v) is 6.27. The molecule has 11 heavy (non-hydrogen) atoms. The lowest BCUT2D eigenvalue weighted by atomic mass is 10.2. The number of hydrogen-bond acceptors (Lipinski definition) is 0. The largest absolute Gasteiger partial charge is 0.361 e. The van der Waals surface area contributed by atoms with Gasteiger partial charge in [-0.2, -0.15) is 0 Å². The Bertz CT molecular complexity index is 438. The Labute approximate surface area is 69.3 Å². The Morgan fingerprint density at radius 2 is 2.36 bits per heavy atom. The molecule has 0 aliphatic heterocycles. The minimum absolute atomic E-state index is 0.0914. The monoisotopic (exact) mass is 170 g/mol. The third kappa shape index (κ3) is 0.994. The average Bonchev–Trinajstić information content (AvgIpc) is 2.35. The quantitative estimate of drug-likeness (QED) is 0.626. The molecule has 2 aromatic rings. The fourth-order valence-corrected chi connectivity index (χ4v) is 1.17. The number of rotatable bonds is 0. The summed E-state index contributed by atoms with van der Waals surface area (Å²) in [5, 5.41) is 0.866. The molecule has 0 bridgehead atoms. The summed E-state index contributed by atoms with van der Waals surface area (Å²) in [5.41, 5.74) is 0.525. The van der Waals surface area contributed by atoms with Crippen LogP contribution >= 0.6 is 11.6 Å². The number of aromatic amines is 1. The summed E-state index contributed by atoms with van der Waals surface area (Å²) in [6.07, 6.45) is 1.54. The second kappa shape index (κ2) is 2.24. The van der Waals surface area contributed by atoms with Crippen LogP contribution < -0.4 is 0 Å². The molecule has 1 N–H and O–H groups in total. The first-order valence-electron chi connectivity index (χ1n) is 3.58. The number of aromatic nitrogens is 1. The van der Waals surface area contributed by atoms with Crippen molar-refractivity contribution >= 4 is 22.5 Å². The molecular formula is C8H5ClFN. The normalized spacial score (nSPS) is 12.0. The van der Waals surface area contributed by atoms with Gasteiger partial charge in [-0.25, -0.2) is 4.39 Å². The Balaban J connectivity index is 2.87. The number of nitrogens with one attached hydrogen (secondary N) is 1. The van der Waals surface area contributed by atoms with E-state index in [9.17, 15) is 4.39 Å². The fourth-order valence-electron chi connectivity index (χ4n) is 0.995. The highest BCUT2D eigenvalue weighted by Crippen LogP contribution is 2.21. The lowest BCUT2D eigenvalue weighted by Gasteiger charge is -1.93. The average molecular weight is 171 g/mol. The first-order chi connectivity index (χ1) is 5.68. The van der Waals surface area contributed by atoms with Crippen molar-refractivity contribution in [2.45, 2.75) is 0 Å². The van der Waals surface area contributed by atoms with Gasteiger partial charge in [0.25, 0.3) is 0 Å². The maximum absolute atomic E-state index is 12.9. The van der Waals surface area contributed by atoms with E-state index in [1.165, 1.54) is 12.1 Å². The van der Waals surface area contributed by atoms with Gasteiger partial charge in [0, 0.05) is 17.1 Å². The van der Waals surface area contributed by atoms with E-state index < -0.39 is 5.82 Å². The van der Waals surface area contributed by atoms with E-state index >= 15 is 0 Å². The Morgan fingerprint density at radius 1 is 1.55 bits per heavy atom. The minimum Gasteiger partial charge on any atom is -0.361 e. The number of benzene rings is 1. The predicted molar refractivity (Wildman–Crippen MR) is 43.3 cm³/mol. The van der Waals surface area contributed by atoms with Crippen molar-refractivity contribution < 1.29 is 5.80 Å². The molecule has 1 aromatic carbocycles. The van der Waals surface area contributed by atoms with Crippen molar-refractivity contribution in [2.24, 2.45) is 0 Å². The zero-order chi connectivity index (χ0) is 8.72. The van der Waals surface area contributed by atoms with Crippen LogP contribution in [0.4, 0.5) is 4.39 Å². The molecule has 0 fully saturated rings. The predicted octanol–water partition coefficient (Wildman–Crippen LogP) is 2.96. The zero-order valence-electron chi connectivity index (χ0n) is 6.51. The smallest absolute Gasteiger partial charge is 0.166 e. The van der Waals surface area contributed by atoms with Gasteiger partial charge >= 0.3 is 0 Å². The highest BCUT2D eigenvalue weighted by molar-refractivity contribution is 6.31. The highest BCUT2D eigenvalue weighted by atomic mass is 35.5. The molecule has 0 aliphatic rings. The van der Waals surface area contributed by atoms with Gasteiger partial charge in [-0.1, -0.05) is 11.6 Å². The van der Waals surface area contributed by atoms with Gasteiger partial charge in [-0.05, 0) is 18.2 Å².